The maximum absolute atomic E-state index is 14.1. The van der Waals surface area contributed by atoms with Gasteiger partial charge in [0.15, 0.2) is 17.2 Å². The zero-order valence-electron chi connectivity index (χ0n) is 10.1. The number of likely N-dealkylation sites (N-methyl/N-ethyl adjacent to an activating group) is 1. The first-order chi connectivity index (χ1) is 8.58. The van der Waals surface area contributed by atoms with Crippen molar-refractivity contribution in [2.45, 2.75) is 19.4 Å². The molecule has 18 heavy (non-hydrogen) atoms. The van der Waals surface area contributed by atoms with Gasteiger partial charge in [0, 0.05) is 11.5 Å². The Morgan fingerprint density at radius 1 is 1.44 bits per heavy atom. The number of furan rings is 1. The van der Waals surface area contributed by atoms with Gasteiger partial charge in [-0.15, -0.1) is 0 Å². The number of nitrogens with one attached hydrogen (secondary N) is 1. The van der Waals surface area contributed by atoms with Crippen molar-refractivity contribution in [1.29, 1.82) is 0 Å². The van der Waals surface area contributed by atoms with Crippen LogP contribution in [0.3, 0.4) is 0 Å². The number of hydrogen-bond acceptors (Lipinski definition) is 3. The van der Waals surface area contributed by atoms with Gasteiger partial charge in [-0.1, -0.05) is 13.0 Å². The Labute approximate surface area is 103 Å². The fourth-order valence-corrected chi connectivity index (χ4v) is 1.94. The van der Waals surface area contributed by atoms with E-state index in [0.717, 1.165) is 6.07 Å². The molecule has 0 fully saturated rings. The summed E-state index contributed by atoms with van der Waals surface area (Å²) in [6.45, 7) is 1.82. The molecule has 0 amide bonds. The quantitative estimate of drug-likeness (QED) is 0.852. The fraction of sp³-hybridized carbons (Fsp3) is 0.308. The van der Waals surface area contributed by atoms with Gasteiger partial charge in [-0.05, 0) is 19.5 Å². The second-order valence-corrected chi connectivity index (χ2v) is 4.01. The predicted octanol–water partition coefficient (Wildman–Crippen LogP) is 2.89. The van der Waals surface area contributed by atoms with Crippen LogP contribution in [-0.2, 0) is 0 Å². The summed E-state index contributed by atoms with van der Waals surface area (Å²) in [5.41, 5.74) is -0.303. The van der Waals surface area contributed by atoms with Crippen molar-refractivity contribution < 1.29 is 18.0 Å². The highest BCUT2D eigenvalue weighted by molar-refractivity contribution is 6.02. The van der Waals surface area contributed by atoms with Gasteiger partial charge in [0.05, 0.1) is 11.6 Å². The SMILES string of the molecule is CCC(NC)C(=O)c1ccc2cc(F)oc2c1F. The summed E-state index contributed by atoms with van der Waals surface area (Å²) >= 11 is 0. The topological polar surface area (TPSA) is 42.2 Å². The minimum absolute atomic E-state index is 0.0851. The van der Waals surface area contributed by atoms with E-state index in [-0.39, 0.29) is 16.9 Å². The minimum atomic E-state index is -0.867. The molecule has 0 aliphatic rings. The molecule has 5 heteroatoms. The zero-order valence-corrected chi connectivity index (χ0v) is 10.1. The number of carbonyl (C=O) groups is 1. The van der Waals surface area contributed by atoms with E-state index in [2.05, 4.69) is 9.73 Å². The summed E-state index contributed by atoms with van der Waals surface area (Å²) in [6.07, 6.45) is 0.541. The summed E-state index contributed by atoms with van der Waals surface area (Å²) in [7, 11) is 1.63. The van der Waals surface area contributed by atoms with Crippen LogP contribution in [0.4, 0.5) is 8.78 Å². The monoisotopic (exact) mass is 253 g/mol. The molecule has 1 heterocycles. The van der Waals surface area contributed by atoms with E-state index in [1.165, 1.54) is 12.1 Å². The molecule has 2 rings (SSSR count). The summed E-state index contributed by atoms with van der Waals surface area (Å²) < 4.78 is 31.6. The lowest BCUT2D eigenvalue weighted by molar-refractivity contribution is 0.0941. The van der Waals surface area contributed by atoms with Gasteiger partial charge in [-0.3, -0.25) is 4.79 Å². The number of fused-ring (bicyclic) bond motifs is 1. The van der Waals surface area contributed by atoms with Crippen LogP contribution < -0.4 is 5.32 Å². The third kappa shape index (κ3) is 2.01. The van der Waals surface area contributed by atoms with Gasteiger partial charge >= 0.3 is 0 Å². The zero-order chi connectivity index (χ0) is 13.3. The van der Waals surface area contributed by atoms with E-state index >= 15 is 0 Å². The predicted molar refractivity (Wildman–Crippen MR) is 63.6 cm³/mol. The molecule has 0 radical (unpaired) electrons. The first kappa shape index (κ1) is 12.7. The molecule has 1 aromatic heterocycles. The van der Waals surface area contributed by atoms with Gasteiger partial charge < -0.3 is 9.73 Å². The van der Waals surface area contributed by atoms with Crippen molar-refractivity contribution in [2.24, 2.45) is 0 Å². The van der Waals surface area contributed by atoms with E-state index in [1.54, 1.807) is 7.05 Å². The second kappa shape index (κ2) is 4.86. The van der Waals surface area contributed by atoms with Crippen LogP contribution in [0.2, 0.25) is 0 Å². The lowest BCUT2D eigenvalue weighted by atomic mass is 10.0. The van der Waals surface area contributed by atoms with E-state index in [0.29, 0.717) is 11.8 Å². The lowest BCUT2D eigenvalue weighted by Gasteiger charge is -2.12. The van der Waals surface area contributed by atoms with Gasteiger partial charge in [0.25, 0.3) is 6.01 Å². The molecule has 0 saturated carbocycles. The molecule has 1 atom stereocenters. The highest BCUT2D eigenvalue weighted by Gasteiger charge is 2.22. The molecule has 2 aromatic rings. The van der Waals surface area contributed by atoms with E-state index in [1.807, 2.05) is 6.92 Å². The van der Waals surface area contributed by atoms with E-state index in [4.69, 9.17) is 0 Å². The number of halogens is 2. The number of ketones is 1. The van der Waals surface area contributed by atoms with Crippen molar-refractivity contribution in [1.82, 2.24) is 5.32 Å². The normalized spacial score (nSPS) is 12.9. The molecular weight excluding hydrogens is 240 g/mol. The van der Waals surface area contributed by atoms with Gasteiger partial charge in [-0.2, -0.15) is 4.39 Å². The smallest absolute Gasteiger partial charge is 0.278 e. The Balaban J connectivity index is 2.51. The van der Waals surface area contributed by atoms with Crippen molar-refractivity contribution in [3.05, 3.63) is 35.6 Å². The molecule has 0 aliphatic heterocycles. The highest BCUT2D eigenvalue weighted by atomic mass is 19.1. The maximum Gasteiger partial charge on any atom is 0.278 e. The second-order valence-electron chi connectivity index (χ2n) is 4.01. The van der Waals surface area contributed by atoms with Crippen molar-refractivity contribution in [3.8, 4) is 0 Å². The van der Waals surface area contributed by atoms with Crippen molar-refractivity contribution in [3.63, 3.8) is 0 Å². The number of rotatable bonds is 4. The molecule has 0 spiro atoms. The molecule has 0 bridgehead atoms. The Bertz CT molecular complexity index is 588. The Hall–Kier alpha value is -1.75. The molecule has 0 aliphatic carbocycles. The van der Waals surface area contributed by atoms with Crippen LogP contribution in [0.15, 0.2) is 22.6 Å². The fourth-order valence-electron chi connectivity index (χ4n) is 1.94. The Morgan fingerprint density at radius 2 is 2.17 bits per heavy atom. The van der Waals surface area contributed by atoms with Crippen LogP contribution in [0.25, 0.3) is 11.0 Å². The Morgan fingerprint density at radius 3 is 2.78 bits per heavy atom. The summed E-state index contributed by atoms with van der Waals surface area (Å²) in [6, 6.07) is 2.59. The lowest BCUT2D eigenvalue weighted by Crippen LogP contribution is -2.33. The number of hydrogen-bond donors (Lipinski definition) is 1. The first-order valence-corrected chi connectivity index (χ1v) is 5.67. The summed E-state index contributed by atoms with van der Waals surface area (Å²) in [4.78, 5) is 12.0. The van der Waals surface area contributed by atoms with Crippen LogP contribution in [0.5, 0.6) is 0 Å². The van der Waals surface area contributed by atoms with E-state index in [9.17, 15) is 13.6 Å². The standard InChI is InChI=1S/C13H13F2NO2/c1-3-9(16-2)12(17)8-5-4-7-6-10(14)18-13(7)11(8)15/h4-6,9,16H,3H2,1-2H3. The van der Waals surface area contributed by atoms with Crippen molar-refractivity contribution >= 4 is 16.8 Å². The Kier molecular flexibility index (Phi) is 3.43. The minimum Gasteiger partial charge on any atom is -0.428 e. The van der Waals surface area contributed by atoms with Gasteiger partial charge in [0.2, 0.25) is 0 Å². The highest BCUT2D eigenvalue weighted by Crippen LogP contribution is 2.25. The first-order valence-electron chi connectivity index (χ1n) is 5.67. The van der Waals surface area contributed by atoms with Crippen LogP contribution >= 0.6 is 0 Å². The largest absolute Gasteiger partial charge is 0.428 e. The summed E-state index contributed by atoms with van der Waals surface area (Å²) in [5.74, 6) is -1.17. The van der Waals surface area contributed by atoms with Crippen LogP contribution in [-0.4, -0.2) is 18.9 Å². The molecule has 3 nitrogen and oxygen atoms in total. The molecule has 0 saturated heterocycles. The molecule has 96 valence electrons. The summed E-state index contributed by atoms with van der Waals surface area (Å²) in [5, 5.41) is 3.11. The van der Waals surface area contributed by atoms with Gasteiger partial charge in [0.1, 0.15) is 0 Å². The third-order valence-electron chi connectivity index (χ3n) is 2.93. The third-order valence-corrected chi connectivity index (χ3v) is 2.93. The maximum atomic E-state index is 14.1. The van der Waals surface area contributed by atoms with E-state index < -0.39 is 17.9 Å². The molecular formula is C13H13F2NO2. The molecule has 1 aromatic carbocycles. The number of Topliss-reactive ketones (excluding diaryl/α,β-unsaturated/α-hetero) is 1. The van der Waals surface area contributed by atoms with Crippen LogP contribution in [0, 0.1) is 11.8 Å². The van der Waals surface area contributed by atoms with Gasteiger partial charge in [-0.25, -0.2) is 4.39 Å². The van der Waals surface area contributed by atoms with Crippen LogP contribution in [0.1, 0.15) is 23.7 Å². The van der Waals surface area contributed by atoms with Crippen molar-refractivity contribution in [2.75, 3.05) is 7.05 Å². The number of carbonyl (C=O) groups excluding carboxylic acids is 1. The number of benzene rings is 1. The molecule has 1 unspecified atom stereocenters. The average molecular weight is 253 g/mol. The molecule has 1 N–H and O–H groups in total. The average Bonchev–Trinajstić information content (AvgIpc) is 2.72.